The third-order valence-electron chi connectivity index (χ3n) is 3.64. The van der Waals surface area contributed by atoms with Gasteiger partial charge in [0, 0.05) is 36.7 Å². The van der Waals surface area contributed by atoms with Crippen LogP contribution < -0.4 is 5.32 Å². The lowest BCUT2D eigenvalue weighted by Crippen LogP contribution is -2.25. The number of benzene rings is 2. The molecule has 0 radical (unpaired) electrons. The number of anilines is 1. The first kappa shape index (κ1) is 19.1. The third-order valence-corrected chi connectivity index (χ3v) is 4.17. The molecule has 25 heavy (non-hydrogen) atoms. The molecule has 0 aliphatic rings. The minimum atomic E-state index is -0.804. The van der Waals surface area contributed by atoms with Crippen molar-refractivity contribution in [2.45, 2.75) is 26.4 Å². The average molecular weight is 405 g/mol. The van der Waals surface area contributed by atoms with E-state index in [-0.39, 0.29) is 12.3 Å². The summed E-state index contributed by atoms with van der Waals surface area (Å²) >= 11 is 3.42. The fourth-order valence-electron chi connectivity index (χ4n) is 2.47. The van der Waals surface area contributed by atoms with Gasteiger partial charge in [0.15, 0.2) is 0 Å². The monoisotopic (exact) mass is 404 g/mol. The number of carboxylic acids is 1. The predicted molar refractivity (Wildman–Crippen MR) is 101 cm³/mol. The van der Waals surface area contributed by atoms with Gasteiger partial charge in [-0.3, -0.25) is 14.5 Å². The van der Waals surface area contributed by atoms with Gasteiger partial charge in [-0.05, 0) is 35.4 Å². The zero-order valence-electron chi connectivity index (χ0n) is 14.0. The lowest BCUT2D eigenvalue weighted by atomic mass is 10.1. The van der Waals surface area contributed by atoms with E-state index in [1.54, 1.807) is 0 Å². The molecule has 0 saturated carbocycles. The first-order valence-electron chi connectivity index (χ1n) is 7.97. The summed E-state index contributed by atoms with van der Waals surface area (Å²) in [4.78, 5) is 24.1. The number of nitrogens with zero attached hydrogens (tertiary/aromatic N) is 1. The molecule has 0 aliphatic heterocycles. The number of hydrogen-bond acceptors (Lipinski definition) is 3. The van der Waals surface area contributed by atoms with Gasteiger partial charge in [-0.1, -0.05) is 40.2 Å². The van der Waals surface area contributed by atoms with E-state index in [9.17, 15) is 9.59 Å². The van der Waals surface area contributed by atoms with Crippen LogP contribution in [0.15, 0.2) is 53.0 Å². The summed E-state index contributed by atoms with van der Waals surface area (Å²) in [5.74, 6) is -0.909. The third kappa shape index (κ3) is 7.07. The van der Waals surface area contributed by atoms with Gasteiger partial charge in [-0.2, -0.15) is 0 Å². The van der Waals surface area contributed by atoms with E-state index in [1.807, 2.05) is 48.5 Å². The Morgan fingerprint density at radius 1 is 1.00 bits per heavy atom. The predicted octanol–water partition coefficient (Wildman–Crippen LogP) is 3.88. The molecule has 2 aromatic carbocycles. The highest BCUT2D eigenvalue weighted by molar-refractivity contribution is 9.10. The zero-order valence-corrected chi connectivity index (χ0v) is 15.6. The highest BCUT2D eigenvalue weighted by Crippen LogP contribution is 2.16. The second-order valence-electron chi connectivity index (χ2n) is 5.86. The van der Waals surface area contributed by atoms with Crippen molar-refractivity contribution in [2.75, 3.05) is 11.9 Å². The SMILES string of the molecule is CC(=O)Nc1ccc(CN(CCC(=O)O)Cc2ccc(Br)cc2)cc1. The molecule has 0 saturated heterocycles. The van der Waals surface area contributed by atoms with Crippen molar-refractivity contribution < 1.29 is 14.7 Å². The second-order valence-corrected chi connectivity index (χ2v) is 6.77. The number of amides is 1. The van der Waals surface area contributed by atoms with Crippen LogP contribution in [0.5, 0.6) is 0 Å². The van der Waals surface area contributed by atoms with Gasteiger partial charge < -0.3 is 10.4 Å². The molecule has 132 valence electrons. The molecule has 0 unspecified atom stereocenters. The van der Waals surface area contributed by atoms with E-state index < -0.39 is 5.97 Å². The summed E-state index contributed by atoms with van der Waals surface area (Å²) in [6.45, 7) is 3.26. The van der Waals surface area contributed by atoms with Crippen molar-refractivity contribution in [3.05, 3.63) is 64.1 Å². The molecule has 2 N–H and O–H groups in total. The Bertz CT molecular complexity index is 714. The topological polar surface area (TPSA) is 69.6 Å². The largest absolute Gasteiger partial charge is 0.481 e. The molecule has 5 nitrogen and oxygen atoms in total. The Morgan fingerprint density at radius 3 is 2.00 bits per heavy atom. The maximum absolute atomic E-state index is 11.1. The molecule has 0 heterocycles. The van der Waals surface area contributed by atoms with Crippen molar-refractivity contribution in [2.24, 2.45) is 0 Å². The summed E-state index contributed by atoms with van der Waals surface area (Å²) in [5, 5.41) is 11.7. The molecule has 2 aromatic rings. The molecule has 6 heteroatoms. The van der Waals surface area contributed by atoms with Crippen molar-refractivity contribution in [3.63, 3.8) is 0 Å². The van der Waals surface area contributed by atoms with Gasteiger partial charge in [0.05, 0.1) is 6.42 Å². The van der Waals surface area contributed by atoms with Crippen molar-refractivity contribution in [3.8, 4) is 0 Å². The van der Waals surface area contributed by atoms with Crippen molar-refractivity contribution in [1.29, 1.82) is 0 Å². The minimum Gasteiger partial charge on any atom is -0.481 e. The van der Waals surface area contributed by atoms with Gasteiger partial charge in [-0.15, -0.1) is 0 Å². The van der Waals surface area contributed by atoms with Crippen LogP contribution in [0.2, 0.25) is 0 Å². The fraction of sp³-hybridized carbons (Fsp3) is 0.263. The molecular weight excluding hydrogens is 384 g/mol. The van der Waals surface area contributed by atoms with E-state index >= 15 is 0 Å². The molecule has 0 spiro atoms. The van der Waals surface area contributed by atoms with Gasteiger partial charge in [0.1, 0.15) is 0 Å². The molecular formula is C19H21BrN2O3. The summed E-state index contributed by atoms with van der Waals surface area (Å²) < 4.78 is 1.02. The van der Waals surface area contributed by atoms with Crippen LogP contribution in [0.1, 0.15) is 24.5 Å². The van der Waals surface area contributed by atoms with Crippen LogP contribution in [-0.4, -0.2) is 28.4 Å². The van der Waals surface area contributed by atoms with Gasteiger partial charge in [0.25, 0.3) is 0 Å². The number of carboxylic acid groups (broad SMARTS) is 1. The number of halogens is 1. The first-order chi connectivity index (χ1) is 11.9. The van der Waals surface area contributed by atoms with Crippen LogP contribution in [0, 0.1) is 0 Å². The van der Waals surface area contributed by atoms with Crippen molar-refractivity contribution in [1.82, 2.24) is 4.90 Å². The summed E-state index contributed by atoms with van der Waals surface area (Å²) in [6.07, 6.45) is 0.0977. The second kappa shape index (κ2) is 9.34. The molecule has 1 amide bonds. The highest BCUT2D eigenvalue weighted by Gasteiger charge is 2.10. The number of carbonyl (C=O) groups excluding carboxylic acids is 1. The standard InChI is InChI=1S/C19H21BrN2O3/c1-14(23)21-18-8-4-16(5-9-18)13-22(11-10-19(24)25)12-15-2-6-17(20)7-3-15/h2-9H,10-13H2,1H3,(H,21,23)(H,24,25). The van der Waals surface area contributed by atoms with E-state index in [2.05, 4.69) is 26.1 Å². The summed E-state index contributed by atoms with van der Waals surface area (Å²) in [6, 6.07) is 15.6. The Morgan fingerprint density at radius 2 is 1.52 bits per heavy atom. The lowest BCUT2D eigenvalue weighted by Gasteiger charge is -2.22. The van der Waals surface area contributed by atoms with E-state index in [0.29, 0.717) is 19.6 Å². The van der Waals surface area contributed by atoms with Crippen LogP contribution in [-0.2, 0) is 22.7 Å². The minimum absolute atomic E-state index is 0.0977. The molecule has 2 rings (SSSR count). The number of carbonyl (C=O) groups is 2. The smallest absolute Gasteiger partial charge is 0.304 e. The Hall–Kier alpha value is -2.18. The summed E-state index contributed by atoms with van der Waals surface area (Å²) in [7, 11) is 0. The molecule has 0 bridgehead atoms. The van der Waals surface area contributed by atoms with Crippen LogP contribution in [0.25, 0.3) is 0 Å². The Kier molecular flexibility index (Phi) is 7.16. The number of nitrogens with one attached hydrogen (secondary N) is 1. The Balaban J connectivity index is 2.05. The molecule has 0 fully saturated rings. The Labute approximate surface area is 155 Å². The highest BCUT2D eigenvalue weighted by atomic mass is 79.9. The maximum atomic E-state index is 11.1. The first-order valence-corrected chi connectivity index (χ1v) is 8.77. The van der Waals surface area contributed by atoms with E-state index in [1.165, 1.54) is 6.92 Å². The number of rotatable bonds is 8. The summed E-state index contributed by atoms with van der Waals surface area (Å²) in [5.41, 5.74) is 2.95. The lowest BCUT2D eigenvalue weighted by molar-refractivity contribution is -0.137. The quantitative estimate of drug-likeness (QED) is 0.700. The van der Waals surface area contributed by atoms with Crippen molar-refractivity contribution >= 4 is 33.5 Å². The van der Waals surface area contributed by atoms with Crippen LogP contribution >= 0.6 is 15.9 Å². The van der Waals surface area contributed by atoms with Gasteiger partial charge >= 0.3 is 5.97 Å². The molecule has 0 atom stereocenters. The van der Waals surface area contributed by atoms with E-state index in [4.69, 9.17) is 5.11 Å². The van der Waals surface area contributed by atoms with Gasteiger partial charge in [0.2, 0.25) is 5.91 Å². The zero-order chi connectivity index (χ0) is 18.2. The van der Waals surface area contributed by atoms with Crippen LogP contribution in [0.3, 0.4) is 0 Å². The number of aliphatic carboxylic acids is 1. The maximum Gasteiger partial charge on any atom is 0.304 e. The number of hydrogen-bond donors (Lipinski definition) is 2. The van der Waals surface area contributed by atoms with Crippen LogP contribution in [0.4, 0.5) is 5.69 Å². The fourth-order valence-corrected chi connectivity index (χ4v) is 2.74. The average Bonchev–Trinajstić information content (AvgIpc) is 2.56. The van der Waals surface area contributed by atoms with Gasteiger partial charge in [-0.25, -0.2) is 0 Å². The molecule has 0 aromatic heterocycles. The molecule has 0 aliphatic carbocycles. The normalized spacial score (nSPS) is 10.7. The van der Waals surface area contributed by atoms with E-state index in [0.717, 1.165) is 21.3 Å².